The SMILES string of the molecule is COC(=O)CCc1cc(Cl)c(OCC[C@H](O)[C@@H](O)CCOc2c(Cl)cc(Nc3ncccc3C(=O)O)cc2Cl)c(Cl)c1. The Morgan fingerprint density at radius 3 is 1.93 bits per heavy atom. The minimum Gasteiger partial charge on any atom is -0.490 e. The number of halogens is 4. The molecule has 0 aliphatic rings. The van der Waals surface area contributed by atoms with Crippen LogP contribution in [0, 0.1) is 0 Å². The lowest BCUT2D eigenvalue weighted by Crippen LogP contribution is -2.29. The van der Waals surface area contributed by atoms with Gasteiger partial charge in [-0.3, -0.25) is 4.79 Å². The Labute approximate surface area is 262 Å². The molecule has 0 unspecified atom stereocenters. The van der Waals surface area contributed by atoms with Crippen LogP contribution >= 0.6 is 46.4 Å². The summed E-state index contributed by atoms with van der Waals surface area (Å²) in [5, 5.41) is 33.7. The molecule has 14 heteroatoms. The number of carbonyl (C=O) groups excluding carboxylic acids is 1. The molecule has 2 atom stereocenters. The van der Waals surface area contributed by atoms with Gasteiger partial charge in [-0.25, -0.2) is 9.78 Å². The highest BCUT2D eigenvalue weighted by Gasteiger charge is 2.19. The third-order valence-corrected chi connectivity index (χ3v) is 7.09. The number of pyridine rings is 1. The van der Waals surface area contributed by atoms with Crippen LogP contribution in [0.15, 0.2) is 42.6 Å². The highest BCUT2D eigenvalue weighted by molar-refractivity contribution is 6.38. The molecule has 2 aromatic carbocycles. The molecule has 0 bridgehead atoms. The zero-order valence-electron chi connectivity index (χ0n) is 22.3. The quantitative estimate of drug-likeness (QED) is 0.139. The number of hydrogen-bond acceptors (Lipinski definition) is 9. The second-order valence-corrected chi connectivity index (χ2v) is 10.6. The van der Waals surface area contributed by atoms with Gasteiger partial charge in [0.25, 0.3) is 0 Å². The monoisotopic (exact) mass is 660 g/mol. The molecule has 0 spiro atoms. The van der Waals surface area contributed by atoms with Crippen molar-refractivity contribution in [3.8, 4) is 11.5 Å². The molecule has 0 amide bonds. The predicted octanol–water partition coefficient (Wildman–Crippen LogP) is 6.20. The highest BCUT2D eigenvalue weighted by Crippen LogP contribution is 2.37. The molecule has 0 radical (unpaired) electrons. The average Bonchev–Trinajstić information content (AvgIpc) is 2.94. The fourth-order valence-corrected chi connectivity index (χ4v) is 5.01. The topological polar surface area (TPSA) is 147 Å². The van der Waals surface area contributed by atoms with Gasteiger partial charge in [0.2, 0.25) is 0 Å². The lowest BCUT2D eigenvalue weighted by molar-refractivity contribution is -0.140. The zero-order valence-corrected chi connectivity index (χ0v) is 25.3. The van der Waals surface area contributed by atoms with E-state index < -0.39 is 18.2 Å². The molecule has 10 nitrogen and oxygen atoms in total. The Bertz CT molecular complexity index is 1360. The summed E-state index contributed by atoms with van der Waals surface area (Å²) in [6.07, 6.45) is -0.123. The van der Waals surface area contributed by atoms with Crippen LogP contribution in [0.1, 0.15) is 35.2 Å². The van der Waals surface area contributed by atoms with E-state index in [0.717, 1.165) is 5.56 Å². The number of hydrogen-bond donors (Lipinski definition) is 4. The van der Waals surface area contributed by atoms with Gasteiger partial charge in [0, 0.05) is 31.1 Å². The number of aliphatic hydroxyl groups excluding tert-OH is 2. The van der Waals surface area contributed by atoms with Crippen molar-refractivity contribution in [1.82, 2.24) is 4.98 Å². The Hall–Kier alpha value is -2.99. The molecular weight excluding hydrogens is 634 g/mol. The van der Waals surface area contributed by atoms with Gasteiger partial charge in [0.15, 0.2) is 11.5 Å². The van der Waals surface area contributed by atoms with Gasteiger partial charge in [-0.15, -0.1) is 0 Å². The molecule has 4 N–H and O–H groups in total. The molecule has 42 heavy (non-hydrogen) atoms. The summed E-state index contributed by atoms with van der Waals surface area (Å²) in [7, 11) is 1.31. The van der Waals surface area contributed by atoms with E-state index in [9.17, 15) is 24.9 Å². The van der Waals surface area contributed by atoms with Gasteiger partial charge < -0.3 is 34.8 Å². The number of aromatic carboxylic acids is 1. The first-order chi connectivity index (χ1) is 20.0. The number of anilines is 2. The fourth-order valence-electron chi connectivity index (χ4n) is 3.78. The Morgan fingerprint density at radius 2 is 1.43 bits per heavy atom. The third kappa shape index (κ3) is 9.52. The van der Waals surface area contributed by atoms with Crippen LogP contribution in [-0.4, -0.2) is 64.8 Å². The summed E-state index contributed by atoms with van der Waals surface area (Å²) < 4.78 is 15.9. The van der Waals surface area contributed by atoms with Crippen molar-refractivity contribution in [2.24, 2.45) is 0 Å². The van der Waals surface area contributed by atoms with Crippen molar-refractivity contribution in [1.29, 1.82) is 0 Å². The Kier molecular flexibility index (Phi) is 12.8. The van der Waals surface area contributed by atoms with E-state index in [0.29, 0.717) is 12.1 Å². The lowest BCUT2D eigenvalue weighted by atomic mass is 10.1. The number of benzene rings is 2. The lowest BCUT2D eigenvalue weighted by Gasteiger charge is -2.19. The first kappa shape index (κ1) is 33.5. The number of esters is 1. The van der Waals surface area contributed by atoms with Gasteiger partial charge in [-0.05, 0) is 48.4 Å². The molecule has 1 aromatic heterocycles. The molecule has 0 saturated heterocycles. The van der Waals surface area contributed by atoms with Crippen molar-refractivity contribution in [2.45, 2.75) is 37.9 Å². The summed E-state index contributed by atoms with van der Waals surface area (Å²) >= 11 is 25.2. The van der Waals surface area contributed by atoms with Crippen LogP contribution < -0.4 is 14.8 Å². The van der Waals surface area contributed by atoms with E-state index >= 15 is 0 Å². The number of carboxylic acid groups (broad SMARTS) is 1. The van der Waals surface area contributed by atoms with Gasteiger partial charge in [-0.1, -0.05) is 46.4 Å². The summed E-state index contributed by atoms with van der Waals surface area (Å²) in [6.45, 7) is 0.00537. The van der Waals surface area contributed by atoms with E-state index in [1.165, 1.54) is 37.6 Å². The maximum absolute atomic E-state index is 11.4. The summed E-state index contributed by atoms with van der Waals surface area (Å²) in [6, 6.07) is 9.17. The number of aryl methyl sites for hydroxylation is 1. The minimum absolute atomic E-state index is 0.0145. The van der Waals surface area contributed by atoms with E-state index in [2.05, 4.69) is 15.0 Å². The van der Waals surface area contributed by atoms with E-state index in [4.69, 9.17) is 55.9 Å². The molecule has 0 saturated carbocycles. The first-order valence-corrected chi connectivity index (χ1v) is 14.1. The predicted molar refractivity (Wildman–Crippen MR) is 160 cm³/mol. The molecule has 1 heterocycles. The van der Waals surface area contributed by atoms with Crippen LogP contribution in [0.25, 0.3) is 0 Å². The molecule has 0 aliphatic carbocycles. The summed E-state index contributed by atoms with van der Waals surface area (Å²) in [5.74, 6) is -0.993. The number of carbonyl (C=O) groups is 2. The van der Waals surface area contributed by atoms with Crippen LogP contribution in [-0.2, 0) is 16.0 Å². The minimum atomic E-state index is -1.15. The number of aliphatic hydroxyl groups is 2. The van der Waals surface area contributed by atoms with Crippen LogP contribution in [0.3, 0.4) is 0 Å². The van der Waals surface area contributed by atoms with Crippen molar-refractivity contribution in [2.75, 3.05) is 25.6 Å². The number of rotatable bonds is 15. The Balaban J connectivity index is 1.48. The van der Waals surface area contributed by atoms with Crippen LogP contribution in [0.4, 0.5) is 11.5 Å². The summed E-state index contributed by atoms with van der Waals surface area (Å²) in [4.78, 5) is 26.8. The first-order valence-electron chi connectivity index (χ1n) is 12.6. The maximum Gasteiger partial charge on any atom is 0.339 e. The van der Waals surface area contributed by atoms with Gasteiger partial charge in [-0.2, -0.15) is 0 Å². The summed E-state index contributed by atoms with van der Waals surface area (Å²) in [5.41, 5.74) is 1.11. The van der Waals surface area contributed by atoms with Crippen LogP contribution in [0.5, 0.6) is 11.5 Å². The molecule has 226 valence electrons. The number of nitrogens with one attached hydrogen (secondary N) is 1. The van der Waals surface area contributed by atoms with E-state index in [-0.39, 0.29) is 81.4 Å². The number of nitrogens with zero attached hydrogens (tertiary/aromatic N) is 1. The van der Waals surface area contributed by atoms with Crippen molar-refractivity contribution >= 4 is 69.8 Å². The fraction of sp³-hybridized carbons (Fsp3) is 0.321. The normalized spacial score (nSPS) is 12.4. The van der Waals surface area contributed by atoms with Crippen LogP contribution in [0.2, 0.25) is 20.1 Å². The molecule has 3 rings (SSSR count). The van der Waals surface area contributed by atoms with Gasteiger partial charge in [0.1, 0.15) is 11.4 Å². The molecule has 3 aromatic rings. The van der Waals surface area contributed by atoms with Gasteiger partial charge >= 0.3 is 11.9 Å². The van der Waals surface area contributed by atoms with E-state index in [1.807, 2.05) is 0 Å². The molecule has 0 fully saturated rings. The van der Waals surface area contributed by atoms with E-state index in [1.54, 1.807) is 12.1 Å². The van der Waals surface area contributed by atoms with Crippen molar-refractivity contribution in [3.63, 3.8) is 0 Å². The maximum atomic E-state index is 11.4. The average molecular weight is 662 g/mol. The number of carboxylic acids is 1. The zero-order chi connectivity index (χ0) is 30.8. The number of ether oxygens (including phenoxy) is 3. The Morgan fingerprint density at radius 1 is 0.905 bits per heavy atom. The largest absolute Gasteiger partial charge is 0.490 e. The number of methoxy groups -OCH3 is 1. The molecular formula is C28H28Cl4N2O8. The van der Waals surface area contributed by atoms with Crippen molar-refractivity contribution in [3.05, 3.63) is 73.8 Å². The standard InChI is InChI=1S/C28H28Cl4N2O8/c1-40-24(37)5-4-15-11-18(29)25(19(30)12-15)41-9-6-22(35)23(36)7-10-42-26-20(31)13-16(14-21(26)32)34-27-17(28(38)39)3-2-8-33-27/h2-3,8,11-14,22-23,35-36H,4-7,9-10H2,1H3,(H,33,34)(H,38,39)/t22-,23-/m0/s1. The third-order valence-electron chi connectivity index (χ3n) is 5.97. The highest BCUT2D eigenvalue weighted by atomic mass is 35.5. The van der Waals surface area contributed by atoms with Crippen molar-refractivity contribution < 1.29 is 39.1 Å². The van der Waals surface area contributed by atoms with Gasteiger partial charge in [0.05, 0.1) is 52.6 Å². The second kappa shape index (κ2) is 16.0. The second-order valence-electron chi connectivity index (χ2n) is 8.97. The molecule has 0 aliphatic heterocycles. The number of aromatic nitrogens is 1. The smallest absolute Gasteiger partial charge is 0.339 e.